The number of nitrogens with zero attached hydrogens (tertiary/aromatic N) is 1. The lowest BCUT2D eigenvalue weighted by Crippen LogP contribution is -2.42. The third-order valence-corrected chi connectivity index (χ3v) is 2.61. The Morgan fingerprint density at radius 2 is 2.19 bits per heavy atom. The number of carbonyl (C=O) groups excluding carboxylic acids is 1. The number of hydrogen-bond donors (Lipinski definition) is 0. The highest BCUT2D eigenvalue weighted by atomic mass is 19.4. The number of hydrogen-bond acceptors (Lipinski definition) is 3. The van der Waals surface area contributed by atoms with Gasteiger partial charge in [0.15, 0.2) is 0 Å². The van der Waals surface area contributed by atoms with Crippen LogP contribution in [0.4, 0.5) is 13.2 Å². The number of ether oxygens (including phenoxy) is 1. The van der Waals surface area contributed by atoms with Crippen LogP contribution in [0.5, 0.6) is 0 Å². The molecule has 0 bridgehead atoms. The van der Waals surface area contributed by atoms with E-state index in [1.54, 1.807) is 0 Å². The number of alkyl halides is 3. The molecule has 6 heteroatoms. The van der Waals surface area contributed by atoms with E-state index in [0.29, 0.717) is 25.9 Å². The maximum Gasteiger partial charge on any atom is 0.411 e. The van der Waals surface area contributed by atoms with Gasteiger partial charge in [-0.2, -0.15) is 13.2 Å². The van der Waals surface area contributed by atoms with Gasteiger partial charge in [0, 0.05) is 32.0 Å². The first-order chi connectivity index (χ1) is 7.38. The Bertz CT molecular complexity index is 243. The fraction of sp³-hybridized carbons (Fsp3) is 0.900. The highest BCUT2D eigenvalue weighted by Gasteiger charge is 2.28. The number of halogens is 3. The molecule has 1 atom stereocenters. The Labute approximate surface area is 92.5 Å². The van der Waals surface area contributed by atoms with Crippen LogP contribution in [-0.2, 0) is 9.53 Å². The zero-order chi connectivity index (χ0) is 12.2. The molecule has 0 radical (unpaired) electrons. The van der Waals surface area contributed by atoms with E-state index in [1.165, 1.54) is 0 Å². The summed E-state index contributed by atoms with van der Waals surface area (Å²) in [6.07, 6.45) is -3.29. The summed E-state index contributed by atoms with van der Waals surface area (Å²) in [5.41, 5.74) is 0. The molecule has 0 aliphatic carbocycles. The molecule has 0 aromatic rings. The third kappa shape index (κ3) is 4.94. The zero-order valence-corrected chi connectivity index (χ0v) is 9.22. The van der Waals surface area contributed by atoms with E-state index >= 15 is 0 Å². The summed E-state index contributed by atoms with van der Waals surface area (Å²) in [5, 5.41) is 0. The van der Waals surface area contributed by atoms with Crippen molar-refractivity contribution in [2.75, 3.05) is 26.3 Å². The van der Waals surface area contributed by atoms with Gasteiger partial charge in [-0.15, -0.1) is 0 Å². The predicted octanol–water partition coefficient (Wildman–Crippen LogP) is 1.62. The number of likely N-dealkylation sites (tertiary alicyclic amines) is 1. The maximum absolute atomic E-state index is 11.8. The Morgan fingerprint density at radius 1 is 1.50 bits per heavy atom. The average molecular weight is 239 g/mol. The lowest BCUT2D eigenvalue weighted by Gasteiger charge is -2.32. The van der Waals surface area contributed by atoms with Crippen LogP contribution < -0.4 is 0 Å². The Morgan fingerprint density at radius 3 is 2.75 bits per heavy atom. The van der Waals surface area contributed by atoms with Gasteiger partial charge in [0.25, 0.3) is 0 Å². The van der Waals surface area contributed by atoms with Gasteiger partial charge in [0.05, 0.1) is 6.61 Å². The smallest absolute Gasteiger partial charge is 0.371 e. The van der Waals surface area contributed by atoms with Crippen LogP contribution in [0, 0.1) is 0 Å². The average Bonchev–Trinajstić information content (AvgIpc) is 2.13. The fourth-order valence-corrected chi connectivity index (χ4v) is 1.75. The monoisotopic (exact) mass is 239 g/mol. The normalized spacial score (nSPS) is 23.8. The topological polar surface area (TPSA) is 29.5 Å². The first-order valence-corrected chi connectivity index (χ1v) is 5.29. The van der Waals surface area contributed by atoms with Crippen molar-refractivity contribution in [1.29, 1.82) is 0 Å². The van der Waals surface area contributed by atoms with Crippen LogP contribution in [0.1, 0.15) is 19.8 Å². The SMILES string of the molecule is CC1CC(=O)CCN1CCOCC(F)(F)F. The zero-order valence-electron chi connectivity index (χ0n) is 9.22. The van der Waals surface area contributed by atoms with Crippen LogP contribution in [0.3, 0.4) is 0 Å². The van der Waals surface area contributed by atoms with Gasteiger partial charge in [-0.05, 0) is 6.92 Å². The largest absolute Gasteiger partial charge is 0.411 e. The Balaban J connectivity index is 2.15. The summed E-state index contributed by atoms with van der Waals surface area (Å²) in [6.45, 7) is 1.83. The van der Waals surface area contributed by atoms with Gasteiger partial charge in [-0.3, -0.25) is 9.69 Å². The van der Waals surface area contributed by atoms with E-state index in [4.69, 9.17) is 0 Å². The standard InChI is InChI=1S/C10H16F3NO2/c1-8-6-9(15)2-3-14(8)4-5-16-7-10(11,12)13/h8H,2-7H2,1H3. The number of piperidine rings is 1. The second-order valence-corrected chi connectivity index (χ2v) is 4.05. The molecule has 94 valence electrons. The number of Topliss-reactive ketones (excluding diaryl/α,β-unsaturated/α-hetero) is 1. The van der Waals surface area contributed by atoms with E-state index in [-0.39, 0.29) is 18.4 Å². The lowest BCUT2D eigenvalue weighted by atomic mass is 10.0. The van der Waals surface area contributed by atoms with Crippen LogP contribution in [0.15, 0.2) is 0 Å². The number of ketones is 1. The Hall–Kier alpha value is -0.620. The van der Waals surface area contributed by atoms with E-state index in [9.17, 15) is 18.0 Å². The summed E-state index contributed by atoms with van der Waals surface area (Å²) >= 11 is 0. The molecule has 1 saturated heterocycles. The Kier molecular flexibility index (Phi) is 4.73. The van der Waals surface area contributed by atoms with Crippen molar-refractivity contribution in [3.05, 3.63) is 0 Å². The molecular weight excluding hydrogens is 223 g/mol. The van der Waals surface area contributed by atoms with Gasteiger partial charge in [-0.1, -0.05) is 0 Å². The first-order valence-electron chi connectivity index (χ1n) is 5.29. The van der Waals surface area contributed by atoms with Gasteiger partial charge in [0.2, 0.25) is 0 Å². The van der Waals surface area contributed by atoms with Gasteiger partial charge >= 0.3 is 6.18 Å². The lowest BCUT2D eigenvalue weighted by molar-refractivity contribution is -0.174. The highest BCUT2D eigenvalue weighted by molar-refractivity contribution is 5.79. The van der Waals surface area contributed by atoms with E-state index in [0.717, 1.165) is 0 Å². The summed E-state index contributed by atoms with van der Waals surface area (Å²) in [4.78, 5) is 13.1. The molecule has 1 heterocycles. The molecule has 1 aliphatic rings. The summed E-state index contributed by atoms with van der Waals surface area (Å²) in [5.74, 6) is 0.222. The highest BCUT2D eigenvalue weighted by Crippen LogP contribution is 2.15. The van der Waals surface area contributed by atoms with Crippen molar-refractivity contribution in [3.63, 3.8) is 0 Å². The molecule has 0 saturated carbocycles. The fourth-order valence-electron chi connectivity index (χ4n) is 1.75. The first kappa shape index (κ1) is 13.4. The van der Waals surface area contributed by atoms with Crippen LogP contribution >= 0.6 is 0 Å². The minimum Gasteiger partial charge on any atom is -0.371 e. The van der Waals surface area contributed by atoms with E-state index in [2.05, 4.69) is 4.74 Å². The molecule has 1 aliphatic heterocycles. The molecule has 1 rings (SSSR count). The summed E-state index contributed by atoms with van der Waals surface area (Å²) in [6, 6.07) is 0.107. The van der Waals surface area contributed by atoms with Crippen molar-refractivity contribution in [2.24, 2.45) is 0 Å². The van der Waals surface area contributed by atoms with Gasteiger partial charge in [-0.25, -0.2) is 0 Å². The molecule has 0 N–H and O–H groups in total. The third-order valence-electron chi connectivity index (χ3n) is 2.61. The van der Waals surface area contributed by atoms with Crippen molar-refractivity contribution in [1.82, 2.24) is 4.90 Å². The second-order valence-electron chi connectivity index (χ2n) is 4.05. The van der Waals surface area contributed by atoms with Crippen molar-refractivity contribution in [2.45, 2.75) is 32.0 Å². The van der Waals surface area contributed by atoms with Crippen LogP contribution in [0.2, 0.25) is 0 Å². The molecular formula is C10H16F3NO2. The van der Waals surface area contributed by atoms with Crippen LogP contribution in [0.25, 0.3) is 0 Å². The summed E-state index contributed by atoms with van der Waals surface area (Å²) in [7, 11) is 0. The van der Waals surface area contributed by atoms with E-state index in [1.807, 2.05) is 11.8 Å². The van der Waals surface area contributed by atoms with E-state index < -0.39 is 12.8 Å². The molecule has 0 aromatic heterocycles. The maximum atomic E-state index is 11.8. The molecule has 0 aromatic carbocycles. The van der Waals surface area contributed by atoms with Gasteiger partial charge in [0.1, 0.15) is 12.4 Å². The summed E-state index contributed by atoms with van der Waals surface area (Å²) < 4.78 is 39.8. The quantitative estimate of drug-likeness (QED) is 0.698. The molecule has 0 spiro atoms. The van der Waals surface area contributed by atoms with Gasteiger partial charge < -0.3 is 4.74 Å². The van der Waals surface area contributed by atoms with Crippen molar-refractivity contribution >= 4 is 5.78 Å². The molecule has 3 nitrogen and oxygen atoms in total. The molecule has 0 amide bonds. The minimum absolute atomic E-state index is 0.0536. The second kappa shape index (κ2) is 5.63. The van der Waals surface area contributed by atoms with Crippen LogP contribution in [-0.4, -0.2) is 49.2 Å². The van der Waals surface area contributed by atoms with Crippen molar-refractivity contribution < 1.29 is 22.7 Å². The molecule has 1 fully saturated rings. The number of carbonyl (C=O) groups is 1. The molecule has 1 unspecified atom stereocenters. The van der Waals surface area contributed by atoms with Crippen molar-refractivity contribution in [3.8, 4) is 0 Å². The predicted molar refractivity (Wildman–Crippen MR) is 52.2 cm³/mol. The molecule has 16 heavy (non-hydrogen) atoms. The minimum atomic E-state index is -4.26. The number of rotatable bonds is 4.